The quantitative estimate of drug-likeness (QED) is 0.515. The molecule has 1 aliphatic rings. The number of anilines is 1. The van der Waals surface area contributed by atoms with Crippen LogP contribution in [0.4, 0.5) is 28.3 Å². The van der Waals surface area contributed by atoms with E-state index < -0.39 is 35.5 Å². The highest BCUT2D eigenvalue weighted by molar-refractivity contribution is 5.75. The molecule has 186 valence electrons. The third-order valence-corrected chi connectivity index (χ3v) is 5.37. The van der Waals surface area contributed by atoms with Gasteiger partial charge in [-0.25, -0.2) is 19.2 Å². The standard InChI is InChI=1S/C22H27F4N5O3/c1-4-16(13-5-6-18(15(23)9-13)34-22(24,25)26)29-20(33)31-8-7-14-10-27-19(28-17(14)11-31)30-21(2,3)12-32/h5-6,9-10,16,32H,4,7-8,11-12H2,1-3H3,(H,29,33)(H,27,28,30). The van der Waals surface area contributed by atoms with Crippen molar-refractivity contribution < 1.29 is 32.2 Å². The summed E-state index contributed by atoms with van der Waals surface area (Å²) in [4.78, 5) is 23.2. The molecular formula is C22H27F4N5O3. The summed E-state index contributed by atoms with van der Waals surface area (Å²) in [6.45, 7) is 5.88. The van der Waals surface area contributed by atoms with Crippen LogP contribution in [0.5, 0.6) is 5.75 Å². The van der Waals surface area contributed by atoms with E-state index in [1.165, 1.54) is 6.07 Å². The Morgan fingerprint density at radius 3 is 2.68 bits per heavy atom. The first-order valence-corrected chi connectivity index (χ1v) is 10.7. The number of hydrogen-bond donors (Lipinski definition) is 3. The number of amides is 2. The van der Waals surface area contributed by atoms with Crippen LogP contribution in [0.3, 0.4) is 0 Å². The first-order valence-electron chi connectivity index (χ1n) is 10.7. The van der Waals surface area contributed by atoms with Crippen molar-refractivity contribution in [3.05, 3.63) is 47.0 Å². The number of aromatic nitrogens is 2. The largest absolute Gasteiger partial charge is 0.573 e. The molecular weight excluding hydrogens is 458 g/mol. The summed E-state index contributed by atoms with van der Waals surface area (Å²) in [7, 11) is 0. The zero-order valence-corrected chi connectivity index (χ0v) is 19.0. The monoisotopic (exact) mass is 485 g/mol. The van der Waals surface area contributed by atoms with Crippen LogP contribution in [0, 0.1) is 5.82 Å². The van der Waals surface area contributed by atoms with Crippen LogP contribution in [0.15, 0.2) is 24.4 Å². The molecule has 1 unspecified atom stereocenters. The third-order valence-electron chi connectivity index (χ3n) is 5.37. The van der Waals surface area contributed by atoms with E-state index in [1.54, 1.807) is 31.9 Å². The summed E-state index contributed by atoms with van der Waals surface area (Å²) in [5.74, 6) is -1.77. The lowest BCUT2D eigenvalue weighted by molar-refractivity contribution is -0.275. The third kappa shape index (κ3) is 6.46. The van der Waals surface area contributed by atoms with Crippen LogP contribution < -0.4 is 15.4 Å². The predicted octanol–water partition coefficient (Wildman–Crippen LogP) is 3.92. The zero-order chi connectivity index (χ0) is 25.1. The molecule has 1 aliphatic heterocycles. The molecule has 2 aromatic rings. The van der Waals surface area contributed by atoms with E-state index in [9.17, 15) is 27.5 Å². The number of carbonyl (C=O) groups excluding carboxylic acids is 1. The number of benzene rings is 1. The van der Waals surface area contributed by atoms with Crippen molar-refractivity contribution in [3.63, 3.8) is 0 Å². The lowest BCUT2D eigenvalue weighted by Gasteiger charge is -2.31. The molecule has 1 aromatic carbocycles. The minimum absolute atomic E-state index is 0.121. The SMILES string of the molecule is CCC(NC(=O)N1CCc2cnc(NC(C)(C)CO)nc2C1)c1ccc(OC(F)(F)F)c(F)c1. The van der Waals surface area contributed by atoms with Crippen molar-refractivity contribution in [1.82, 2.24) is 20.2 Å². The Labute approximate surface area is 194 Å². The zero-order valence-electron chi connectivity index (χ0n) is 19.0. The highest BCUT2D eigenvalue weighted by Crippen LogP contribution is 2.29. The fraction of sp³-hybridized carbons (Fsp3) is 0.500. The maximum absolute atomic E-state index is 14.1. The molecule has 0 fully saturated rings. The second-order valence-corrected chi connectivity index (χ2v) is 8.65. The smallest absolute Gasteiger partial charge is 0.403 e. The van der Waals surface area contributed by atoms with Gasteiger partial charge in [-0.15, -0.1) is 13.2 Å². The van der Waals surface area contributed by atoms with Crippen molar-refractivity contribution in [2.45, 2.75) is 58.1 Å². The van der Waals surface area contributed by atoms with Crippen molar-refractivity contribution in [2.24, 2.45) is 0 Å². The molecule has 12 heteroatoms. The number of fused-ring (bicyclic) bond motifs is 1. The fourth-order valence-electron chi connectivity index (χ4n) is 3.48. The molecule has 34 heavy (non-hydrogen) atoms. The van der Waals surface area contributed by atoms with Gasteiger partial charge >= 0.3 is 12.4 Å². The van der Waals surface area contributed by atoms with Gasteiger partial charge in [-0.3, -0.25) is 0 Å². The molecule has 0 spiro atoms. The Bertz CT molecular complexity index is 1030. The number of carbonyl (C=O) groups is 1. The Morgan fingerprint density at radius 1 is 1.32 bits per heavy atom. The number of hydrogen-bond acceptors (Lipinski definition) is 6. The number of alkyl halides is 3. The molecule has 1 atom stereocenters. The van der Waals surface area contributed by atoms with Gasteiger partial charge in [-0.1, -0.05) is 13.0 Å². The van der Waals surface area contributed by atoms with Crippen LogP contribution in [-0.4, -0.2) is 51.1 Å². The van der Waals surface area contributed by atoms with Crippen LogP contribution in [-0.2, 0) is 13.0 Å². The average molecular weight is 485 g/mol. The van der Waals surface area contributed by atoms with E-state index in [-0.39, 0.29) is 13.2 Å². The first-order chi connectivity index (χ1) is 15.9. The van der Waals surface area contributed by atoms with Gasteiger partial charge in [0, 0.05) is 12.7 Å². The van der Waals surface area contributed by atoms with Crippen LogP contribution in [0.2, 0.25) is 0 Å². The Hall–Kier alpha value is -3.15. The molecule has 3 N–H and O–H groups in total. The summed E-state index contributed by atoms with van der Waals surface area (Å²) >= 11 is 0. The van der Waals surface area contributed by atoms with Gasteiger partial charge in [-0.05, 0) is 49.9 Å². The minimum atomic E-state index is -5.00. The lowest BCUT2D eigenvalue weighted by Crippen LogP contribution is -2.44. The van der Waals surface area contributed by atoms with Crippen molar-refractivity contribution >= 4 is 12.0 Å². The van der Waals surface area contributed by atoms with Gasteiger partial charge in [0.05, 0.1) is 30.4 Å². The molecule has 3 rings (SSSR count). The molecule has 0 saturated heterocycles. The average Bonchev–Trinajstić information content (AvgIpc) is 2.77. The number of nitrogens with one attached hydrogen (secondary N) is 2. The van der Waals surface area contributed by atoms with Crippen molar-refractivity contribution in [3.8, 4) is 5.75 Å². The van der Waals surface area contributed by atoms with Gasteiger partial charge in [0.25, 0.3) is 0 Å². The van der Waals surface area contributed by atoms with E-state index in [0.717, 1.165) is 17.7 Å². The van der Waals surface area contributed by atoms with E-state index in [1.807, 2.05) is 0 Å². The number of rotatable bonds is 7. The predicted molar refractivity (Wildman–Crippen MR) is 116 cm³/mol. The van der Waals surface area contributed by atoms with Gasteiger partial charge in [0.2, 0.25) is 5.95 Å². The number of ether oxygens (including phenoxy) is 1. The molecule has 2 heterocycles. The molecule has 0 aliphatic carbocycles. The second-order valence-electron chi connectivity index (χ2n) is 8.65. The summed E-state index contributed by atoms with van der Waals surface area (Å²) in [5.41, 5.74) is 1.27. The van der Waals surface area contributed by atoms with Gasteiger partial charge < -0.3 is 25.4 Å². The first kappa shape index (κ1) is 25.5. The Balaban J connectivity index is 1.69. The summed E-state index contributed by atoms with van der Waals surface area (Å²) in [6, 6.07) is 2.09. The maximum Gasteiger partial charge on any atom is 0.573 e. The summed E-state index contributed by atoms with van der Waals surface area (Å²) in [5, 5.41) is 15.3. The fourth-order valence-corrected chi connectivity index (χ4v) is 3.48. The van der Waals surface area contributed by atoms with Gasteiger partial charge in [0.1, 0.15) is 0 Å². The van der Waals surface area contributed by atoms with Crippen LogP contribution >= 0.6 is 0 Å². The second kappa shape index (κ2) is 10.00. The minimum Gasteiger partial charge on any atom is -0.403 e. The normalized spacial score (nSPS) is 14.9. The number of nitrogens with zero attached hydrogens (tertiary/aromatic N) is 3. The molecule has 1 aromatic heterocycles. The Morgan fingerprint density at radius 2 is 2.06 bits per heavy atom. The number of halogens is 4. The van der Waals surface area contributed by atoms with Crippen molar-refractivity contribution in [2.75, 3.05) is 18.5 Å². The maximum atomic E-state index is 14.1. The van der Waals surface area contributed by atoms with Gasteiger partial charge in [-0.2, -0.15) is 0 Å². The van der Waals surface area contributed by atoms with E-state index in [2.05, 4.69) is 25.3 Å². The topological polar surface area (TPSA) is 99.6 Å². The van der Waals surface area contributed by atoms with Crippen molar-refractivity contribution in [1.29, 1.82) is 0 Å². The van der Waals surface area contributed by atoms with E-state index in [0.29, 0.717) is 36.6 Å². The molecule has 0 bridgehead atoms. The number of urea groups is 1. The lowest BCUT2D eigenvalue weighted by atomic mass is 10.0. The summed E-state index contributed by atoms with van der Waals surface area (Å²) in [6.07, 6.45) is -2.38. The van der Waals surface area contributed by atoms with Crippen LogP contribution in [0.25, 0.3) is 0 Å². The van der Waals surface area contributed by atoms with Gasteiger partial charge in [0.15, 0.2) is 11.6 Å². The van der Waals surface area contributed by atoms with E-state index in [4.69, 9.17) is 0 Å². The highest BCUT2D eigenvalue weighted by Gasteiger charge is 2.33. The summed E-state index contributed by atoms with van der Waals surface area (Å²) < 4.78 is 54.9. The Kier molecular flexibility index (Phi) is 7.49. The molecule has 0 radical (unpaired) electrons. The van der Waals surface area contributed by atoms with E-state index >= 15 is 0 Å². The molecule has 2 amide bonds. The number of aliphatic hydroxyl groups is 1. The molecule has 8 nitrogen and oxygen atoms in total. The number of aliphatic hydroxyl groups excluding tert-OH is 1. The highest BCUT2D eigenvalue weighted by atomic mass is 19.4. The van der Waals surface area contributed by atoms with Crippen LogP contribution in [0.1, 0.15) is 50.1 Å². The molecule has 0 saturated carbocycles.